The third kappa shape index (κ3) is 3.56. The molecule has 128 valence electrons. The zero-order chi connectivity index (χ0) is 17.5. The van der Waals surface area contributed by atoms with Gasteiger partial charge in [0.1, 0.15) is 5.60 Å². The van der Waals surface area contributed by atoms with Crippen LogP contribution in [0.4, 0.5) is 4.79 Å². The first-order valence-electron chi connectivity index (χ1n) is 8.26. The number of rotatable bonds is 1. The van der Waals surface area contributed by atoms with Crippen LogP contribution in [-0.4, -0.2) is 34.7 Å². The second-order valence-electron chi connectivity index (χ2n) is 7.39. The fraction of sp³-hybridized carbons (Fsp3) is 0.474. The number of allylic oxidation sites excluding steroid dienone is 2. The summed E-state index contributed by atoms with van der Waals surface area (Å²) in [5.41, 5.74) is 5.88. The molecule has 0 atom stereocenters. The average Bonchev–Trinajstić information content (AvgIpc) is 2.81. The number of nitrogens with zero attached hydrogens (tertiary/aromatic N) is 2. The van der Waals surface area contributed by atoms with E-state index < -0.39 is 5.60 Å². The molecule has 0 saturated heterocycles. The van der Waals surface area contributed by atoms with Crippen molar-refractivity contribution in [1.29, 1.82) is 0 Å². The Morgan fingerprint density at radius 3 is 2.75 bits per heavy atom. The number of halogens is 1. The number of aromatic nitrogens is 1. The molecular formula is C19H23BrN2O2. The molecule has 1 aliphatic carbocycles. The SMILES string of the molecule is CC1=C(C2=CCN(C(=O)OC(C)(C)C)CC2)c2cc(Br)cnc2C1. The zero-order valence-electron chi connectivity index (χ0n) is 14.6. The fourth-order valence-corrected chi connectivity index (χ4v) is 3.56. The third-order valence-corrected chi connectivity index (χ3v) is 4.68. The van der Waals surface area contributed by atoms with E-state index in [1.807, 2.05) is 27.0 Å². The van der Waals surface area contributed by atoms with E-state index in [-0.39, 0.29) is 6.09 Å². The van der Waals surface area contributed by atoms with Gasteiger partial charge in [0.2, 0.25) is 0 Å². The minimum Gasteiger partial charge on any atom is -0.444 e. The van der Waals surface area contributed by atoms with Crippen molar-refractivity contribution < 1.29 is 9.53 Å². The van der Waals surface area contributed by atoms with Gasteiger partial charge in [-0.3, -0.25) is 4.98 Å². The van der Waals surface area contributed by atoms with E-state index in [9.17, 15) is 4.79 Å². The maximum absolute atomic E-state index is 12.2. The van der Waals surface area contributed by atoms with Crippen LogP contribution in [0.25, 0.3) is 5.57 Å². The fourth-order valence-electron chi connectivity index (χ4n) is 3.23. The van der Waals surface area contributed by atoms with Gasteiger partial charge in [0, 0.05) is 35.7 Å². The largest absolute Gasteiger partial charge is 0.444 e. The number of pyridine rings is 1. The Kier molecular flexibility index (Phi) is 4.56. The van der Waals surface area contributed by atoms with Crippen molar-refractivity contribution >= 4 is 27.6 Å². The number of hydrogen-bond donors (Lipinski definition) is 0. The minimum absolute atomic E-state index is 0.236. The van der Waals surface area contributed by atoms with E-state index in [2.05, 4.69) is 40.0 Å². The van der Waals surface area contributed by atoms with Gasteiger partial charge in [-0.2, -0.15) is 0 Å². The predicted molar refractivity (Wildman–Crippen MR) is 98.7 cm³/mol. The smallest absolute Gasteiger partial charge is 0.410 e. The predicted octanol–water partition coefficient (Wildman–Crippen LogP) is 4.74. The second-order valence-corrected chi connectivity index (χ2v) is 8.30. The van der Waals surface area contributed by atoms with Crippen LogP contribution in [0, 0.1) is 0 Å². The Morgan fingerprint density at radius 1 is 1.38 bits per heavy atom. The van der Waals surface area contributed by atoms with E-state index in [0.29, 0.717) is 13.1 Å². The molecular weight excluding hydrogens is 368 g/mol. The van der Waals surface area contributed by atoms with Crippen molar-refractivity contribution in [2.24, 2.45) is 0 Å². The van der Waals surface area contributed by atoms with E-state index in [1.54, 1.807) is 4.90 Å². The van der Waals surface area contributed by atoms with Gasteiger partial charge in [-0.05, 0) is 67.3 Å². The second kappa shape index (κ2) is 6.36. The molecule has 0 unspecified atom stereocenters. The Balaban J connectivity index is 1.78. The first kappa shape index (κ1) is 17.2. The van der Waals surface area contributed by atoms with Crippen LogP contribution in [0.5, 0.6) is 0 Å². The zero-order valence-corrected chi connectivity index (χ0v) is 16.2. The van der Waals surface area contributed by atoms with Crippen molar-refractivity contribution in [1.82, 2.24) is 9.88 Å². The molecule has 0 saturated carbocycles. The maximum Gasteiger partial charge on any atom is 0.410 e. The summed E-state index contributed by atoms with van der Waals surface area (Å²) in [6.07, 6.45) is 5.53. The summed E-state index contributed by atoms with van der Waals surface area (Å²) in [4.78, 5) is 18.5. The van der Waals surface area contributed by atoms with Crippen LogP contribution in [0.3, 0.4) is 0 Å². The van der Waals surface area contributed by atoms with Gasteiger partial charge in [-0.25, -0.2) is 4.79 Å². The van der Waals surface area contributed by atoms with Crippen LogP contribution in [0.15, 0.2) is 34.0 Å². The molecule has 0 spiro atoms. The van der Waals surface area contributed by atoms with Crippen LogP contribution >= 0.6 is 15.9 Å². The van der Waals surface area contributed by atoms with Crippen molar-refractivity contribution in [3.8, 4) is 0 Å². The summed E-state index contributed by atoms with van der Waals surface area (Å²) in [6, 6.07) is 2.15. The van der Waals surface area contributed by atoms with E-state index >= 15 is 0 Å². The van der Waals surface area contributed by atoms with Gasteiger partial charge in [0.05, 0.1) is 5.69 Å². The molecule has 0 N–H and O–H groups in total. The van der Waals surface area contributed by atoms with Crippen molar-refractivity contribution in [2.75, 3.05) is 13.1 Å². The van der Waals surface area contributed by atoms with Crippen LogP contribution in [0.1, 0.15) is 45.4 Å². The molecule has 2 aliphatic rings. The number of ether oxygens (including phenoxy) is 1. The average molecular weight is 391 g/mol. The van der Waals surface area contributed by atoms with Crippen LogP contribution in [0.2, 0.25) is 0 Å². The highest BCUT2D eigenvalue weighted by Gasteiger charge is 2.28. The quantitative estimate of drug-likeness (QED) is 0.695. The van der Waals surface area contributed by atoms with Crippen molar-refractivity contribution in [2.45, 2.75) is 46.1 Å². The molecule has 1 aromatic heterocycles. The molecule has 2 heterocycles. The van der Waals surface area contributed by atoms with E-state index in [0.717, 1.165) is 23.0 Å². The minimum atomic E-state index is -0.456. The molecule has 0 aromatic carbocycles. The molecule has 0 radical (unpaired) electrons. The Hall–Kier alpha value is -1.62. The summed E-state index contributed by atoms with van der Waals surface area (Å²) in [5, 5.41) is 0. The molecule has 4 nitrogen and oxygen atoms in total. The van der Waals surface area contributed by atoms with Crippen LogP contribution in [-0.2, 0) is 11.2 Å². The van der Waals surface area contributed by atoms with Gasteiger partial charge < -0.3 is 9.64 Å². The highest BCUT2D eigenvalue weighted by molar-refractivity contribution is 9.10. The number of fused-ring (bicyclic) bond motifs is 1. The lowest BCUT2D eigenvalue weighted by Crippen LogP contribution is -2.39. The molecule has 1 amide bonds. The van der Waals surface area contributed by atoms with Gasteiger partial charge in [-0.1, -0.05) is 11.6 Å². The van der Waals surface area contributed by atoms with Crippen molar-refractivity contribution in [3.63, 3.8) is 0 Å². The molecule has 5 heteroatoms. The lowest BCUT2D eigenvalue weighted by molar-refractivity contribution is 0.0267. The lowest BCUT2D eigenvalue weighted by atomic mass is 9.94. The number of carbonyl (C=O) groups excluding carboxylic acids is 1. The van der Waals surface area contributed by atoms with Crippen LogP contribution < -0.4 is 0 Å². The maximum atomic E-state index is 12.2. The van der Waals surface area contributed by atoms with Gasteiger partial charge in [-0.15, -0.1) is 0 Å². The summed E-state index contributed by atoms with van der Waals surface area (Å²) < 4.78 is 6.46. The molecule has 1 aromatic rings. The highest BCUT2D eigenvalue weighted by atomic mass is 79.9. The Labute approximate surface area is 151 Å². The van der Waals surface area contributed by atoms with Crippen molar-refractivity contribution in [3.05, 3.63) is 45.2 Å². The summed E-state index contributed by atoms with van der Waals surface area (Å²) in [7, 11) is 0. The molecule has 1 aliphatic heterocycles. The first-order valence-corrected chi connectivity index (χ1v) is 9.06. The Morgan fingerprint density at radius 2 is 2.12 bits per heavy atom. The Bertz CT molecular complexity index is 744. The van der Waals surface area contributed by atoms with E-state index in [4.69, 9.17) is 4.74 Å². The summed E-state index contributed by atoms with van der Waals surface area (Å²) in [6.45, 7) is 9.14. The van der Waals surface area contributed by atoms with Gasteiger partial charge in [0.15, 0.2) is 0 Å². The normalized spacial score (nSPS) is 17.7. The number of amides is 1. The number of carbonyl (C=O) groups is 1. The highest BCUT2D eigenvalue weighted by Crippen LogP contribution is 2.39. The topological polar surface area (TPSA) is 42.4 Å². The molecule has 0 bridgehead atoms. The van der Waals surface area contributed by atoms with Gasteiger partial charge >= 0.3 is 6.09 Å². The number of hydrogen-bond acceptors (Lipinski definition) is 3. The third-order valence-electron chi connectivity index (χ3n) is 4.25. The summed E-state index contributed by atoms with van der Waals surface area (Å²) >= 11 is 3.52. The monoisotopic (exact) mass is 390 g/mol. The lowest BCUT2D eigenvalue weighted by Gasteiger charge is -2.30. The molecule has 3 rings (SSSR count). The van der Waals surface area contributed by atoms with E-state index in [1.165, 1.54) is 22.3 Å². The molecule has 24 heavy (non-hydrogen) atoms. The first-order chi connectivity index (χ1) is 11.2. The molecule has 0 fully saturated rings. The van der Waals surface area contributed by atoms with Gasteiger partial charge in [0.25, 0.3) is 0 Å². The standard InChI is InChI=1S/C19H23BrN2O2/c1-12-9-16-15(10-14(20)11-21-16)17(12)13-5-7-22(8-6-13)18(23)24-19(2,3)4/h5,10-11H,6-9H2,1-4H3. The summed E-state index contributed by atoms with van der Waals surface area (Å²) in [5.74, 6) is 0.